The second kappa shape index (κ2) is 4.90. The van der Waals surface area contributed by atoms with Crippen molar-refractivity contribution in [3.8, 4) is 0 Å². The predicted molar refractivity (Wildman–Crippen MR) is 74.4 cm³/mol. The van der Waals surface area contributed by atoms with Crippen molar-refractivity contribution in [1.29, 1.82) is 0 Å². The van der Waals surface area contributed by atoms with Crippen molar-refractivity contribution in [2.45, 2.75) is 39.6 Å². The van der Waals surface area contributed by atoms with Gasteiger partial charge < -0.3 is 0 Å². The predicted octanol–water partition coefficient (Wildman–Crippen LogP) is -2.35. The van der Waals surface area contributed by atoms with E-state index in [1.165, 1.54) is 0 Å². The Morgan fingerprint density at radius 1 is 1.50 bits per heavy atom. The Hall–Kier alpha value is 0.810. The molecule has 2 aliphatic carbocycles. The van der Waals surface area contributed by atoms with Gasteiger partial charge in [-0.05, 0) is 0 Å². The number of alkyl halides is 2. The van der Waals surface area contributed by atoms with Crippen LogP contribution in [0.2, 0.25) is 0 Å². The molecule has 0 radical (unpaired) electrons. The van der Waals surface area contributed by atoms with Crippen LogP contribution < -0.4 is 25.0 Å². The molecule has 0 spiro atoms. The second-order valence-corrected chi connectivity index (χ2v) is 11.2. The van der Waals surface area contributed by atoms with Gasteiger partial charge in [0.15, 0.2) is 0 Å². The van der Waals surface area contributed by atoms with Gasteiger partial charge in [-0.25, -0.2) is 0 Å². The van der Waals surface area contributed by atoms with Crippen molar-refractivity contribution >= 4 is 28.6 Å². The number of halogens is 2. The number of aliphatic hydroxyl groups excluding tert-OH is 1. The van der Waals surface area contributed by atoms with Crippen LogP contribution >= 0.6 is 22.6 Å². The maximum absolute atomic E-state index is 12.4. The molecule has 4 fully saturated rings. The van der Waals surface area contributed by atoms with Crippen molar-refractivity contribution in [1.82, 2.24) is 3.53 Å². The van der Waals surface area contributed by atoms with E-state index in [1.54, 1.807) is 0 Å². The molecule has 2 aliphatic heterocycles. The molecule has 2 N–H and O–H groups in total. The van der Waals surface area contributed by atoms with Crippen LogP contribution in [-0.4, -0.2) is 37.5 Å². The van der Waals surface area contributed by atoms with E-state index >= 15 is 0 Å². The van der Waals surface area contributed by atoms with E-state index in [0.29, 0.717) is 28.4 Å². The summed E-state index contributed by atoms with van der Waals surface area (Å²) in [6, 6.07) is 0. The normalized spacial score (nSPS) is 52.0. The third-order valence-corrected chi connectivity index (χ3v) is 10.1. The van der Waals surface area contributed by atoms with Crippen LogP contribution in [-0.2, 0) is 14.3 Å². The van der Waals surface area contributed by atoms with Gasteiger partial charge in [-0.3, -0.25) is 0 Å². The Kier molecular flexibility index (Phi) is 3.53. The third kappa shape index (κ3) is 2.14. The molecule has 0 aromatic heterocycles. The van der Waals surface area contributed by atoms with Crippen molar-refractivity contribution < 1.29 is 40.9 Å². The molecule has 2 heterocycles. The van der Waals surface area contributed by atoms with E-state index in [1.807, 2.05) is 6.92 Å². The summed E-state index contributed by atoms with van der Waals surface area (Å²) in [5.41, 5.74) is 0. The zero-order valence-electron chi connectivity index (χ0n) is 11.1. The van der Waals surface area contributed by atoms with Crippen LogP contribution in [0.15, 0.2) is 0 Å². The van der Waals surface area contributed by atoms with Crippen LogP contribution in [0.1, 0.15) is 19.8 Å². The molecule has 2 saturated carbocycles. The van der Waals surface area contributed by atoms with E-state index in [0.717, 1.165) is 12.8 Å². The second-order valence-electron chi connectivity index (χ2n) is 6.46. The zero-order valence-corrected chi connectivity index (χ0v) is 15.4. The van der Waals surface area contributed by atoms with Crippen LogP contribution in [0.3, 0.4) is 0 Å². The molecule has 0 amide bonds. The van der Waals surface area contributed by atoms with E-state index < -0.39 is 9.71 Å². The van der Waals surface area contributed by atoms with Gasteiger partial charge in [-0.2, -0.15) is 0 Å². The fourth-order valence-corrected chi connectivity index (χ4v) is 7.51. The molecule has 0 aromatic rings. The van der Waals surface area contributed by atoms with Crippen LogP contribution in [0, 0.1) is 23.7 Å². The summed E-state index contributed by atoms with van der Waals surface area (Å²) in [5.74, 6) is 1.44. The number of carbonyl (C=O) groups is 1. The zero-order chi connectivity index (χ0) is 14.1. The summed E-state index contributed by atoms with van der Waals surface area (Å²) in [4.78, 5) is 12.4. The first-order valence-electron chi connectivity index (χ1n) is 7.06. The molecule has 4 aliphatic rings. The van der Waals surface area contributed by atoms with Crippen molar-refractivity contribution in [3.63, 3.8) is 0 Å². The monoisotopic (exact) mass is 506 g/mol. The Balaban J connectivity index is 1.43. The molecular weight excluding hydrogens is 488 g/mol. The van der Waals surface area contributed by atoms with Crippen LogP contribution in [0.25, 0.3) is 0 Å². The SMILES string of the molecule is CC(I)(C(=O)OC1CC2CC1C1COC(O)C21)C1N[I-]1. The number of rotatable bonds is 3. The molecule has 0 aromatic carbocycles. The summed E-state index contributed by atoms with van der Waals surface area (Å²) >= 11 is 2.23. The quantitative estimate of drug-likeness (QED) is 0.112. The molecule has 5 nitrogen and oxygen atoms in total. The number of hydrogen-bond donors (Lipinski definition) is 2. The van der Waals surface area contributed by atoms with Crippen molar-refractivity contribution in [3.05, 3.63) is 0 Å². The number of fused-ring (bicyclic) bond motifs is 5. The number of carbonyl (C=O) groups excluding carboxylic acids is 1. The molecule has 8 atom stereocenters. The van der Waals surface area contributed by atoms with Crippen LogP contribution in [0.5, 0.6) is 0 Å². The van der Waals surface area contributed by atoms with E-state index in [4.69, 9.17) is 9.47 Å². The molecule has 8 unspecified atom stereocenters. The first kappa shape index (κ1) is 14.4. The number of nitrogens with one attached hydrogen (secondary N) is 1. The number of aliphatic hydroxyl groups is 1. The summed E-state index contributed by atoms with van der Waals surface area (Å²) < 4.78 is 14.5. The van der Waals surface area contributed by atoms with Gasteiger partial charge >= 0.3 is 143 Å². The Morgan fingerprint density at radius 3 is 2.95 bits per heavy atom. The molecule has 4 rings (SSSR count). The fourth-order valence-electron chi connectivity index (χ4n) is 4.20. The molecule has 2 saturated heterocycles. The van der Waals surface area contributed by atoms with Gasteiger partial charge in [-0.15, -0.1) is 0 Å². The average Bonchev–Trinajstić information content (AvgIpc) is 2.97. The van der Waals surface area contributed by atoms with Gasteiger partial charge in [0.2, 0.25) is 0 Å². The topological polar surface area (TPSA) is 77.7 Å². The minimum atomic E-state index is -0.595. The summed E-state index contributed by atoms with van der Waals surface area (Å²) in [6.07, 6.45) is 1.42. The maximum atomic E-state index is 12.4. The van der Waals surface area contributed by atoms with Crippen molar-refractivity contribution in [2.75, 3.05) is 6.61 Å². The standard InChI is InChI=1S/C13H18I2NO4/c1-13(14,11-15-16-11)12(18)20-8-3-5-2-6(8)7-4-19-10(17)9(5)7/h5-11,16-17H,2-4H2,1H3/q-1. The van der Waals surface area contributed by atoms with Crippen LogP contribution in [0.4, 0.5) is 0 Å². The molecular formula is C13H18I2NO4-. The molecule has 2 bridgehead atoms. The Morgan fingerprint density at radius 2 is 2.25 bits per heavy atom. The van der Waals surface area contributed by atoms with Gasteiger partial charge in [0, 0.05) is 0 Å². The fraction of sp³-hybridized carbons (Fsp3) is 0.923. The van der Waals surface area contributed by atoms with Gasteiger partial charge in [0.1, 0.15) is 0 Å². The van der Waals surface area contributed by atoms with Gasteiger partial charge in [0.25, 0.3) is 0 Å². The molecule has 20 heavy (non-hydrogen) atoms. The first-order chi connectivity index (χ1) is 9.48. The minimum absolute atomic E-state index is 0.00189. The number of hydrogen-bond acceptors (Lipinski definition) is 5. The third-order valence-electron chi connectivity index (χ3n) is 5.32. The van der Waals surface area contributed by atoms with Crippen molar-refractivity contribution in [2.24, 2.45) is 23.7 Å². The summed E-state index contributed by atoms with van der Waals surface area (Å²) in [5, 5.41) is 9.86. The Labute approximate surface area is 142 Å². The van der Waals surface area contributed by atoms with E-state index in [2.05, 4.69) is 26.1 Å². The molecule has 7 heteroatoms. The average molecular weight is 506 g/mol. The Bertz CT molecular complexity index is 442. The van der Waals surface area contributed by atoms with E-state index in [9.17, 15) is 9.90 Å². The van der Waals surface area contributed by atoms with Gasteiger partial charge in [0.05, 0.1) is 0 Å². The van der Waals surface area contributed by atoms with E-state index in [-0.39, 0.29) is 39.5 Å². The number of ether oxygens (including phenoxy) is 2. The van der Waals surface area contributed by atoms with Gasteiger partial charge in [-0.1, -0.05) is 0 Å². The molecule has 114 valence electrons. The first-order valence-corrected chi connectivity index (χ1v) is 10.5. The summed E-state index contributed by atoms with van der Waals surface area (Å²) in [7, 11) is 0. The number of esters is 1. The summed E-state index contributed by atoms with van der Waals surface area (Å²) in [6.45, 7) is 2.59.